The van der Waals surface area contributed by atoms with Gasteiger partial charge in [0.1, 0.15) is 11.4 Å². The zero-order valence-electron chi connectivity index (χ0n) is 21.3. The van der Waals surface area contributed by atoms with Crippen molar-refractivity contribution in [2.24, 2.45) is 10.7 Å². The first-order chi connectivity index (χ1) is 16.5. The lowest BCUT2D eigenvalue weighted by molar-refractivity contribution is -0.136. The zero-order valence-corrected chi connectivity index (χ0v) is 22.8. The monoisotopic (exact) mass is 522 g/mol. The fourth-order valence-corrected chi connectivity index (χ4v) is 4.17. The van der Waals surface area contributed by atoms with Crippen LogP contribution in [0, 0.1) is 0 Å². The molecule has 2 heterocycles. The average Bonchev–Trinajstić information content (AvgIpc) is 2.82. The number of nitrogen functional groups attached to an aromatic ring is 1. The Hall–Kier alpha value is -2.62. The Kier molecular flexibility index (Phi) is 10.1. The molecule has 1 fully saturated rings. The lowest BCUT2D eigenvalue weighted by atomic mass is 10.1. The van der Waals surface area contributed by atoms with Crippen LogP contribution in [0.4, 0.5) is 17.5 Å². The summed E-state index contributed by atoms with van der Waals surface area (Å²) in [5.41, 5.74) is 13.2. The summed E-state index contributed by atoms with van der Waals surface area (Å²) in [6.45, 7) is 11.6. The molecule has 1 aliphatic rings. The second kappa shape index (κ2) is 12.4. The van der Waals surface area contributed by atoms with E-state index in [-0.39, 0.29) is 11.9 Å². The van der Waals surface area contributed by atoms with Gasteiger partial charge in [0.2, 0.25) is 11.9 Å². The van der Waals surface area contributed by atoms with Gasteiger partial charge >= 0.3 is 0 Å². The molecule has 1 aliphatic heterocycles. The number of amides is 1. The van der Waals surface area contributed by atoms with E-state index < -0.39 is 5.54 Å². The second-order valence-electron chi connectivity index (χ2n) is 8.59. The fraction of sp³-hybridized carbons (Fsp3) is 0.500. The Morgan fingerprint density at radius 1 is 1.20 bits per heavy atom. The maximum atomic E-state index is 12.5. The van der Waals surface area contributed by atoms with Crippen molar-refractivity contribution in [3.8, 4) is 0 Å². The summed E-state index contributed by atoms with van der Waals surface area (Å²) < 4.78 is 0. The van der Waals surface area contributed by atoms with E-state index >= 15 is 0 Å². The van der Waals surface area contributed by atoms with Crippen molar-refractivity contribution in [2.75, 3.05) is 49.2 Å². The molecule has 1 amide bonds. The summed E-state index contributed by atoms with van der Waals surface area (Å²) in [6.07, 6.45) is 1.60. The van der Waals surface area contributed by atoms with Crippen LogP contribution in [0.5, 0.6) is 0 Å². The van der Waals surface area contributed by atoms with Gasteiger partial charge in [0, 0.05) is 49.5 Å². The van der Waals surface area contributed by atoms with E-state index in [1.54, 1.807) is 44.1 Å². The number of aliphatic imine (C=N–C) groups is 1. The van der Waals surface area contributed by atoms with Gasteiger partial charge in [-0.15, -0.1) is 0 Å². The van der Waals surface area contributed by atoms with Crippen molar-refractivity contribution in [3.63, 3.8) is 0 Å². The van der Waals surface area contributed by atoms with Crippen LogP contribution < -0.4 is 21.7 Å². The van der Waals surface area contributed by atoms with E-state index in [1.165, 1.54) is 0 Å². The quantitative estimate of drug-likeness (QED) is 0.489. The van der Waals surface area contributed by atoms with Crippen LogP contribution in [0.1, 0.15) is 51.9 Å². The largest absolute Gasteiger partial charge is 0.394 e. The average molecular weight is 524 g/mol. The van der Waals surface area contributed by atoms with Crippen molar-refractivity contribution in [1.29, 1.82) is 0 Å². The van der Waals surface area contributed by atoms with Gasteiger partial charge in [0.05, 0.1) is 11.6 Å². The number of rotatable bonds is 6. The number of aromatic nitrogens is 2. The highest BCUT2D eigenvalue weighted by molar-refractivity contribution is 6.35. The van der Waals surface area contributed by atoms with Crippen molar-refractivity contribution >= 4 is 52.8 Å². The summed E-state index contributed by atoms with van der Waals surface area (Å²) in [5, 5.41) is 4.46. The Morgan fingerprint density at radius 2 is 1.83 bits per heavy atom. The van der Waals surface area contributed by atoms with Crippen LogP contribution in [0.15, 0.2) is 23.2 Å². The van der Waals surface area contributed by atoms with Crippen molar-refractivity contribution in [1.82, 2.24) is 14.9 Å². The van der Waals surface area contributed by atoms with Gasteiger partial charge in [-0.25, -0.2) is 4.98 Å². The van der Waals surface area contributed by atoms with Crippen LogP contribution in [0.3, 0.4) is 0 Å². The molecule has 192 valence electrons. The lowest BCUT2D eigenvalue weighted by Gasteiger charge is -2.37. The number of nitrogens with two attached hydrogens (primary N) is 2. The summed E-state index contributed by atoms with van der Waals surface area (Å²) in [7, 11) is 1.66. The molecule has 0 unspecified atom stereocenters. The minimum Gasteiger partial charge on any atom is -0.394 e. The Bertz CT molecular complexity index is 1050. The van der Waals surface area contributed by atoms with Gasteiger partial charge in [0.25, 0.3) is 0 Å². The molecule has 1 aromatic heterocycles. The molecule has 0 aliphatic carbocycles. The number of halogens is 2. The Balaban J connectivity index is 0.00000210. The smallest absolute Gasteiger partial charge is 0.242 e. The number of hydrogen-bond donors (Lipinski definition) is 3. The molecule has 9 nitrogen and oxygen atoms in total. The van der Waals surface area contributed by atoms with Crippen molar-refractivity contribution < 1.29 is 4.79 Å². The second-order valence-corrected chi connectivity index (χ2v) is 9.43. The molecule has 1 aromatic carbocycles. The molecule has 1 saturated heterocycles. The highest BCUT2D eigenvalue weighted by Crippen LogP contribution is 2.31. The van der Waals surface area contributed by atoms with Gasteiger partial charge in [0.15, 0.2) is 5.82 Å². The first-order valence-corrected chi connectivity index (χ1v) is 12.4. The van der Waals surface area contributed by atoms with E-state index in [4.69, 9.17) is 34.7 Å². The summed E-state index contributed by atoms with van der Waals surface area (Å²) in [6, 6.07) is 5.16. The Labute approximate surface area is 217 Å². The summed E-state index contributed by atoms with van der Waals surface area (Å²) in [5.74, 6) is 0.917. The van der Waals surface area contributed by atoms with Crippen molar-refractivity contribution in [2.45, 2.75) is 46.2 Å². The molecule has 11 heteroatoms. The highest BCUT2D eigenvalue weighted by Gasteiger charge is 2.31. The van der Waals surface area contributed by atoms with Gasteiger partial charge in [-0.1, -0.05) is 43.1 Å². The normalized spacial score (nSPS) is 15.0. The predicted molar refractivity (Wildman–Crippen MR) is 147 cm³/mol. The summed E-state index contributed by atoms with van der Waals surface area (Å²) in [4.78, 5) is 29.6. The predicted octanol–water partition coefficient (Wildman–Crippen LogP) is 4.00. The van der Waals surface area contributed by atoms with E-state index in [1.807, 2.05) is 31.7 Å². The third kappa shape index (κ3) is 7.19. The minimum absolute atomic E-state index is 0.0739. The molecule has 0 saturated carbocycles. The fourth-order valence-electron chi connectivity index (χ4n) is 3.60. The maximum absolute atomic E-state index is 12.5. The van der Waals surface area contributed by atoms with Crippen molar-refractivity contribution in [3.05, 3.63) is 39.5 Å². The zero-order chi connectivity index (χ0) is 26.3. The molecule has 1 atom stereocenters. The molecular weight excluding hydrogens is 487 g/mol. The topological polar surface area (TPSA) is 126 Å². The minimum atomic E-state index is -0.902. The molecule has 3 rings (SSSR count). The highest BCUT2D eigenvalue weighted by atomic mass is 35.5. The number of nitrogens with one attached hydrogen (secondary N) is 1. The molecule has 2 aromatic rings. The lowest BCUT2D eigenvalue weighted by Crippen LogP contribution is -2.57. The standard InChI is InChI=1S/C22H30Cl2N8O.C2H6/c1-13(15-6-5-14(23)11-16(15)24)28-19-18(25)17(12-27-4)29-21(30-19)32-9-7-31(8-10-32)20(33)22(2,3)26;1-2/h5-6,11-13H,7-10,25-26H2,1-4H3,(H,28,29,30);1-2H3/t13-;/m1./s1. The third-order valence-corrected chi connectivity index (χ3v) is 5.96. The van der Waals surface area contributed by atoms with Gasteiger partial charge in [-0.2, -0.15) is 4.98 Å². The molecule has 0 spiro atoms. The summed E-state index contributed by atoms with van der Waals surface area (Å²) >= 11 is 12.4. The number of carbonyl (C=O) groups excluding carboxylic acids is 1. The van der Waals surface area contributed by atoms with Gasteiger partial charge in [-0.05, 0) is 38.5 Å². The van der Waals surface area contributed by atoms with E-state index in [0.717, 1.165) is 5.56 Å². The number of nitrogens with zero attached hydrogens (tertiary/aromatic N) is 5. The molecule has 0 bridgehead atoms. The molecule has 35 heavy (non-hydrogen) atoms. The van der Waals surface area contributed by atoms with Crippen LogP contribution in [0.25, 0.3) is 0 Å². The third-order valence-electron chi connectivity index (χ3n) is 5.40. The van der Waals surface area contributed by atoms with Gasteiger partial charge in [-0.3, -0.25) is 9.79 Å². The first kappa shape index (κ1) is 28.6. The van der Waals surface area contributed by atoms with Gasteiger partial charge < -0.3 is 26.6 Å². The molecule has 0 radical (unpaired) electrons. The number of carbonyl (C=O) groups is 1. The van der Waals surface area contributed by atoms with E-state index in [9.17, 15) is 4.79 Å². The van der Waals surface area contributed by atoms with Crippen LogP contribution in [0.2, 0.25) is 10.0 Å². The van der Waals surface area contributed by atoms with Crippen LogP contribution in [-0.4, -0.2) is 65.8 Å². The molecular formula is C24H36Cl2N8O. The van der Waals surface area contributed by atoms with E-state index in [2.05, 4.69) is 20.3 Å². The molecule has 5 N–H and O–H groups in total. The number of hydrogen-bond acceptors (Lipinski definition) is 8. The Morgan fingerprint density at radius 3 is 2.37 bits per heavy atom. The number of piperazine rings is 1. The van der Waals surface area contributed by atoms with Crippen LogP contribution >= 0.6 is 23.2 Å². The maximum Gasteiger partial charge on any atom is 0.242 e. The van der Waals surface area contributed by atoms with Crippen LogP contribution in [-0.2, 0) is 4.79 Å². The number of anilines is 3. The number of benzene rings is 1. The first-order valence-electron chi connectivity index (χ1n) is 11.7. The van der Waals surface area contributed by atoms with E-state index in [0.29, 0.717) is 59.4 Å². The SMILES string of the molecule is CC.CN=Cc1nc(N2CCN(C(=O)C(C)(C)N)CC2)nc(N[C@H](C)c2ccc(Cl)cc2Cl)c1N.